The Morgan fingerprint density at radius 3 is 2.68 bits per heavy atom. The van der Waals surface area contributed by atoms with Gasteiger partial charge in [-0.05, 0) is 6.92 Å². The van der Waals surface area contributed by atoms with Gasteiger partial charge in [0.25, 0.3) is 5.69 Å². The molecule has 0 heterocycles. The molecule has 6 nitrogen and oxygen atoms in total. The molecule has 1 unspecified atom stereocenters. The number of sulfonamides is 1. The third-order valence-electron chi connectivity index (χ3n) is 2.34. The number of nitro groups is 1. The standard InChI is InChI=1S/C12H14N2O4S/c1-3-6-10(2)13-19(17,18)9-11-7-4-5-8-12(11)14(15)16/h1,4-5,7-8,10,13H,6,9H2,2H3. The van der Waals surface area contributed by atoms with Crippen molar-refractivity contribution >= 4 is 15.7 Å². The van der Waals surface area contributed by atoms with Gasteiger partial charge in [-0.2, -0.15) is 0 Å². The first-order valence-corrected chi connectivity index (χ1v) is 7.16. The van der Waals surface area contributed by atoms with E-state index in [1.54, 1.807) is 13.0 Å². The van der Waals surface area contributed by atoms with E-state index in [1.165, 1.54) is 18.2 Å². The van der Waals surface area contributed by atoms with E-state index in [9.17, 15) is 18.5 Å². The van der Waals surface area contributed by atoms with Crippen LogP contribution in [0.15, 0.2) is 24.3 Å². The lowest BCUT2D eigenvalue weighted by atomic mass is 10.2. The lowest BCUT2D eigenvalue weighted by molar-refractivity contribution is -0.385. The summed E-state index contributed by atoms with van der Waals surface area (Å²) >= 11 is 0. The van der Waals surface area contributed by atoms with E-state index < -0.39 is 26.7 Å². The molecule has 0 bridgehead atoms. The molecule has 0 aromatic heterocycles. The molecule has 7 heteroatoms. The Bertz CT molecular complexity index is 604. The fourth-order valence-electron chi connectivity index (χ4n) is 1.58. The van der Waals surface area contributed by atoms with E-state index in [2.05, 4.69) is 10.6 Å². The molecule has 1 aromatic rings. The normalized spacial score (nSPS) is 12.6. The molecule has 19 heavy (non-hydrogen) atoms. The predicted octanol–water partition coefficient (Wildman–Crippen LogP) is 1.43. The zero-order chi connectivity index (χ0) is 14.5. The number of nitrogens with one attached hydrogen (secondary N) is 1. The summed E-state index contributed by atoms with van der Waals surface area (Å²) in [7, 11) is -3.66. The minimum atomic E-state index is -3.66. The number of rotatable bonds is 6. The number of benzene rings is 1. The van der Waals surface area contributed by atoms with Crippen LogP contribution in [0.2, 0.25) is 0 Å². The van der Waals surface area contributed by atoms with Gasteiger partial charge in [-0.25, -0.2) is 13.1 Å². The van der Waals surface area contributed by atoms with Crippen molar-refractivity contribution in [1.82, 2.24) is 4.72 Å². The molecule has 0 saturated carbocycles. The Labute approximate surface area is 112 Å². The molecule has 0 aliphatic heterocycles. The number of nitro benzene ring substituents is 1. The minimum absolute atomic E-state index is 0.146. The van der Waals surface area contributed by atoms with Crippen LogP contribution in [0.4, 0.5) is 5.69 Å². The molecular formula is C12H14N2O4S. The van der Waals surface area contributed by atoms with Crippen LogP contribution in [-0.2, 0) is 15.8 Å². The molecule has 102 valence electrons. The lowest BCUT2D eigenvalue weighted by Crippen LogP contribution is -2.33. The van der Waals surface area contributed by atoms with E-state index in [0.29, 0.717) is 0 Å². The van der Waals surface area contributed by atoms with Gasteiger partial charge in [0.1, 0.15) is 0 Å². The van der Waals surface area contributed by atoms with Gasteiger partial charge in [-0.15, -0.1) is 12.3 Å². The van der Waals surface area contributed by atoms with Crippen LogP contribution in [0.3, 0.4) is 0 Å². The SMILES string of the molecule is C#CCC(C)NS(=O)(=O)Cc1ccccc1[N+](=O)[O-]. The van der Waals surface area contributed by atoms with E-state index in [-0.39, 0.29) is 17.7 Å². The highest BCUT2D eigenvalue weighted by atomic mass is 32.2. The highest BCUT2D eigenvalue weighted by Crippen LogP contribution is 2.19. The minimum Gasteiger partial charge on any atom is -0.258 e. The molecule has 0 saturated heterocycles. The summed E-state index contributed by atoms with van der Waals surface area (Å²) in [6.45, 7) is 1.64. The molecule has 1 atom stereocenters. The second-order valence-electron chi connectivity index (χ2n) is 4.07. The predicted molar refractivity (Wildman–Crippen MR) is 71.8 cm³/mol. The molecule has 0 radical (unpaired) electrons. The fourth-order valence-corrected chi connectivity index (χ4v) is 3.02. The molecule has 1 N–H and O–H groups in total. The second kappa shape index (κ2) is 6.31. The maximum Gasteiger partial charge on any atom is 0.273 e. The average Bonchev–Trinajstić information content (AvgIpc) is 2.28. The van der Waals surface area contributed by atoms with Crippen LogP contribution in [0.5, 0.6) is 0 Å². The van der Waals surface area contributed by atoms with Gasteiger partial charge < -0.3 is 0 Å². The van der Waals surface area contributed by atoms with Gasteiger partial charge in [0.2, 0.25) is 10.0 Å². The van der Waals surface area contributed by atoms with Crippen LogP contribution in [-0.4, -0.2) is 19.4 Å². The van der Waals surface area contributed by atoms with E-state index in [1.807, 2.05) is 0 Å². The molecule has 1 aromatic carbocycles. The van der Waals surface area contributed by atoms with Crippen molar-refractivity contribution in [3.05, 3.63) is 39.9 Å². The highest BCUT2D eigenvalue weighted by Gasteiger charge is 2.20. The quantitative estimate of drug-likeness (QED) is 0.485. The Morgan fingerprint density at radius 1 is 1.47 bits per heavy atom. The molecule has 0 amide bonds. The number of nitrogens with zero attached hydrogens (tertiary/aromatic N) is 1. The van der Waals surface area contributed by atoms with Gasteiger partial charge in [0.05, 0.1) is 10.7 Å². The van der Waals surface area contributed by atoms with E-state index >= 15 is 0 Å². The summed E-state index contributed by atoms with van der Waals surface area (Å²) in [4.78, 5) is 10.2. The Morgan fingerprint density at radius 2 is 2.11 bits per heavy atom. The molecule has 0 aliphatic carbocycles. The molecule has 1 rings (SSSR count). The van der Waals surface area contributed by atoms with Crippen LogP contribution < -0.4 is 4.72 Å². The third-order valence-corrected chi connectivity index (χ3v) is 3.79. The monoisotopic (exact) mass is 282 g/mol. The van der Waals surface area contributed by atoms with Crippen LogP contribution in [0, 0.1) is 22.5 Å². The molecule has 0 spiro atoms. The van der Waals surface area contributed by atoms with Crippen LogP contribution >= 0.6 is 0 Å². The van der Waals surface area contributed by atoms with E-state index in [0.717, 1.165) is 0 Å². The Hall–Kier alpha value is -1.91. The number of hydrogen-bond acceptors (Lipinski definition) is 4. The van der Waals surface area contributed by atoms with Crippen molar-refractivity contribution in [3.8, 4) is 12.3 Å². The maximum absolute atomic E-state index is 11.9. The van der Waals surface area contributed by atoms with Gasteiger partial charge >= 0.3 is 0 Å². The largest absolute Gasteiger partial charge is 0.273 e. The van der Waals surface area contributed by atoms with Crippen LogP contribution in [0.25, 0.3) is 0 Å². The average molecular weight is 282 g/mol. The summed E-state index contributed by atoms with van der Waals surface area (Å²) in [5, 5.41) is 10.8. The summed E-state index contributed by atoms with van der Waals surface area (Å²) < 4.78 is 26.1. The smallest absolute Gasteiger partial charge is 0.258 e. The first kappa shape index (κ1) is 15.1. The summed E-state index contributed by atoms with van der Waals surface area (Å²) in [6.07, 6.45) is 5.35. The number of hydrogen-bond donors (Lipinski definition) is 1. The Kier molecular flexibility index (Phi) is 5.03. The van der Waals surface area contributed by atoms with Crippen molar-refractivity contribution < 1.29 is 13.3 Å². The lowest BCUT2D eigenvalue weighted by Gasteiger charge is -2.11. The number of terminal acetylenes is 1. The van der Waals surface area contributed by atoms with Crippen molar-refractivity contribution in [2.24, 2.45) is 0 Å². The van der Waals surface area contributed by atoms with Gasteiger partial charge in [-0.1, -0.05) is 18.2 Å². The van der Waals surface area contributed by atoms with Crippen molar-refractivity contribution in [1.29, 1.82) is 0 Å². The third kappa shape index (κ3) is 4.69. The summed E-state index contributed by atoms with van der Waals surface area (Å²) in [5.74, 6) is 1.90. The van der Waals surface area contributed by atoms with Crippen molar-refractivity contribution in [2.75, 3.05) is 0 Å². The van der Waals surface area contributed by atoms with Crippen molar-refractivity contribution in [2.45, 2.75) is 25.1 Å². The maximum atomic E-state index is 11.9. The van der Waals surface area contributed by atoms with Crippen molar-refractivity contribution in [3.63, 3.8) is 0 Å². The fraction of sp³-hybridized carbons (Fsp3) is 0.333. The molecular weight excluding hydrogens is 268 g/mol. The summed E-state index contributed by atoms with van der Waals surface area (Å²) in [5.41, 5.74) is -0.0645. The molecule has 0 fully saturated rings. The Balaban J connectivity index is 2.91. The zero-order valence-corrected chi connectivity index (χ0v) is 11.2. The topological polar surface area (TPSA) is 89.3 Å². The highest BCUT2D eigenvalue weighted by molar-refractivity contribution is 7.88. The van der Waals surface area contributed by atoms with E-state index in [4.69, 9.17) is 6.42 Å². The molecule has 0 aliphatic rings. The van der Waals surface area contributed by atoms with Gasteiger partial charge in [0.15, 0.2) is 0 Å². The van der Waals surface area contributed by atoms with Gasteiger partial charge in [0, 0.05) is 24.1 Å². The number of para-hydroxylation sites is 1. The summed E-state index contributed by atoms with van der Waals surface area (Å²) in [6, 6.07) is 5.34. The second-order valence-corrected chi connectivity index (χ2v) is 5.83. The van der Waals surface area contributed by atoms with Crippen LogP contribution in [0.1, 0.15) is 18.9 Å². The first-order chi connectivity index (χ1) is 8.85. The van der Waals surface area contributed by atoms with Gasteiger partial charge in [-0.3, -0.25) is 10.1 Å². The first-order valence-electron chi connectivity index (χ1n) is 5.51. The zero-order valence-electron chi connectivity index (χ0n) is 10.4.